The number of anilines is 2. The molecule has 46 heavy (non-hydrogen) atoms. The number of ether oxygens (including phenoxy) is 3. The highest BCUT2D eigenvalue weighted by Crippen LogP contribution is 2.26. The van der Waals surface area contributed by atoms with E-state index in [0.717, 1.165) is 42.0 Å². The molecule has 242 valence electrons. The number of esters is 1. The average Bonchev–Trinajstić information content (AvgIpc) is 3.40. The number of nitrogens with one attached hydrogen (secondary N) is 1. The van der Waals surface area contributed by atoms with E-state index in [4.69, 9.17) is 18.6 Å². The lowest BCUT2D eigenvalue weighted by atomic mass is 10.1. The molecular weight excluding hydrogens is 582 g/mol. The highest BCUT2D eigenvalue weighted by molar-refractivity contribution is 6.04. The van der Waals surface area contributed by atoms with Crippen LogP contribution in [0.4, 0.5) is 11.5 Å². The molecule has 9 heteroatoms. The van der Waals surface area contributed by atoms with Crippen LogP contribution in [-0.4, -0.2) is 50.8 Å². The number of hydrogen-bond donors (Lipinski definition) is 1. The molecule has 2 aromatic heterocycles. The maximum absolute atomic E-state index is 13.2. The molecule has 1 amide bonds. The molecule has 3 rings (SSSR count). The standard InChI is InChI=1S/C37H43N3O6/c1-8-28(32(10-3)43-6)16-13-18-33-31(9-2)26(5)35(46-33)36(41)39-30-19-20-34(38-24-30)40(11-4)21-14-22-45-25-27-15-12-17-29(23-27)37(42)44-7/h8-10,12-13,15,17-20,23-24H,1-3,11,14,16,21-22,25H2,4-7H3,(H,39,41)/b18-13-,32-28-. The second-order valence-electron chi connectivity index (χ2n) is 10.2. The lowest BCUT2D eigenvalue weighted by molar-refractivity contribution is 0.0600. The zero-order chi connectivity index (χ0) is 33.5. The lowest BCUT2D eigenvalue weighted by Gasteiger charge is -2.22. The smallest absolute Gasteiger partial charge is 0.337 e. The molecule has 0 radical (unpaired) electrons. The van der Waals surface area contributed by atoms with E-state index in [-0.39, 0.29) is 17.6 Å². The molecule has 0 saturated carbocycles. The molecule has 1 aromatic carbocycles. The molecule has 0 bridgehead atoms. The molecule has 2 heterocycles. The van der Waals surface area contributed by atoms with Crippen molar-refractivity contribution >= 4 is 35.5 Å². The predicted octanol–water partition coefficient (Wildman–Crippen LogP) is 7.77. The minimum atomic E-state index is -0.378. The number of rotatable bonds is 18. The van der Waals surface area contributed by atoms with Gasteiger partial charge in [0, 0.05) is 30.8 Å². The normalized spacial score (nSPS) is 11.5. The number of pyridine rings is 1. The van der Waals surface area contributed by atoms with Gasteiger partial charge in [-0.15, -0.1) is 0 Å². The number of benzene rings is 1. The van der Waals surface area contributed by atoms with Crippen LogP contribution in [0.2, 0.25) is 0 Å². The Kier molecular flexibility index (Phi) is 13.8. The maximum Gasteiger partial charge on any atom is 0.337 e. The van der Waals surface area contributed by atoms with Crippen LogP contribution in [0.5, 0.6) is 0 Å². The Labute approximate surface area is 271 Å². The van der Waals surface area contributed by atoms with E-state index in [1.165, 1.54) is 7.11 Å². The van der Waals surface area contributed by atoms with Crippen molar-refractivity contribution in [3.63, 3.8) is 0 Å². The first-order chi connectivity index (χ1) is 22.3. The van der Waals surface area contributed by atoms with Gasteiger partial charge in [-0.3, -0.25) is 4.79 Å². The first kappa shape index (κ1) is 35.3. The van der Waals surface area contributed by atoms with Crippen LogP contribution in [0, 0.1) is 6.92 Å². The highest BCUT2D eigenvalue weighted by Gasteiger charge is 2.20. The number of furan rings is 1. The SMILES string of the molecule is C=C/C(C/C=C\c1oc(C(=O)Nc2ccc(N(CC)CCCOCc3cccc(C(=O)OC)c3)nc2)c(C)c1C=C)=C(\C=C)OC. The number of methoxy groups -OCH3 is 2. The van der Waals surface area contributed by atoms with E-state index in [1.807, 2.05) is 43.3 Å². The summed E-state index contributed by atoms with van der Waals surface area (Å²) >= 11 is 0. The molecule has 0 fully saturated rings. The van der Waals surface area contributed by atoms with Crippen LogP contribution in [0.15, 0.2) is 96.3 Å². The number of nitrogens with zero attached hydrogens (tertiary/aromatic N) is 2. The van der Waals surface area contributed by atoms with Crippen molar-refractivity contribution in [2.45, 2.75) is 33.3 Å². The topological polar surface area (TPSA) is 103 Å². The van der Waals surface area contributed by atoms with E-state index in [1.54, 1.807) is 43.7 Å². The molecular formula is C37H43N3O6. The second-order valence-corrected chi connectivity index (χ2v) is 10.2. The third-order valence-electron chi connectivity index (χ3n) is 7.25. The quantitative estimate of drug-likeness (QED) is 0.0662. The largest absolute Gasteiger partial charge is 0.496 e. The Bertz CT molecular complexity index is 1580. The summed E-state index contributed by atoms with van der Waals surface area (Å²) < 4.78 is 21.9. The van der Waals surface area contributed by atoms with Gasteiger partial charge in [-0.2, -0.15) is 0 Å². The third-order valence-corrected chi connectivity index (χ3v) is 7.25. The number of hydrogen-bond acceptors (Lipinski definition) is 8. The molecule has 0 unspecified atom stereocenters. The summed E-state index contributed by atoms with van der Waals surface area (Å²) in [5.74, 6) is 1.43. The van der Waals surface area contributed by atoms with Crippen LogP contribution in [0.1, 0.15) is 63.1 Å². The van der Waals surface area contributed by atoms with Crippen LogP contribution < -0.4 is 10.2 Å². The van der Waals surface area contributed by atoms with Crippen LogP contribution in [0.3, 0.4) is 0 Å². The van der Waals surface area contributed by atoms with Crippen molar-refractivity contribution in [2.24, 2.45) is 0 Å². The van der Waals surface area contributed by atoms with E-state index >= 15 is 0 Å². The summed E-state index contributed by atoms with van der Waals surface area (Å²) in [7, 11) is 2.95. The molecule has 0 atom stereocenters. The van der Waals surface area contributed by atoms with Gasteiger partial charge in [-0.1, -0.05) is 50.1 Å². The summed E-state index contributed by atoms with van der Waals surface area (Å²) in [5.41, 5.74) is 4.27. The zero-order valence-electron chi connectivity index (χ0n) is 27.1. The average molecular weight is 626 g/mol. The van der Waals surface area contributed by atoms with Crippen molar-refractivity contribution in [3.8, 4) is 0 Å². The predicted molar refractivity (Wildman–Crippen MR) is 184 cm³/mol. The number of carbonyl (C=O) groups is 2. The first-order valence-electron chi connectivity index (χ1n) is 15.0. The molecule has 9 nitrogen and oxygen atoms in total. The number of carbonyl (C=O) groups excluding carboxylic acids is 2. The van der Waals surface area contributed by atoms with Crippen molar-refractivity contribution in [3.05, 3.63) is 126 Å². The van der Waals surface area contributed by atoms with Crippen molar-refractivity contribution < 1.29 is 28.2 Å². The Hall–Kier alpha value is -5.15. The maximum atomic E-state index is 13.2. The van der Waals surface area contributed by atoms with Crippen molar-refractivity contribution in [1.82, 2.24) is 4.98 Å². The highest BCUT2D eigenvalue weighted by atomic mass is 16.5. The fourth-order valence-corrected chi connectivity index (χ4v) is 4.79. The van der Waals surface area contributed by atoms with Crippen LogP contribution in [-0.2, 0) is 20.8 Å². The number of aromatic nitrogens is 1. The minimum Gasteiger partial charge on any atom is -0.496 e. The van der Waals surface area contributed by atoms with Gasteiger partial charge in [-0.05, 0) is 74.2 Å². The Morgan fingerprint density at radius 1 is 1.09 bits per heavy atom. The van der Waals surface area contributed by atoms with Gasteiger partial charge in [0.05, 0.1) is 38.3 Å². The third kappa shape index (κ3) is 9.42. The van der Waals surface area contributed by atoms with Gasteiger partial charge < -0.3 is 28.8 Å². The fraction of sp³-hybridized carbons (Fsp3) is 0.270. The molecule has 0 aliphatic heterocycles. The first-order valence-corrected chi connectivity index (χ1v) is 15.0. The van der Waals surface area contributed by atoms with Gasteiger partial charge in [0.25, 0.3) is 5.91 Å². The molecule has 0 aliphatic rings. The van der Waals surface area contributed by atoms with E-state index in [9.17, 15) is 9.59 Å². The summed E-state index contributed by atoms with van der Waals surface area (Å²) in [4.78, 5) is 31.6. The molecule has 0 aliphatic carbocycles. The lowest BCUT2D eigenvalue weighted by Crippen LogP contribution is -2.25. The van der Waals surface area contributed by atoms with Crippen LogP contribution >= 0.6 is 0 Å². The molecule has 0 spiro atoms. The van der Waals surface area contributed by atoms with Gasteiger partial charge in [0.2, 0.25) is 0 Å². The Morgan fingerprint density at radius 3 is 2.52 bits per heavy atom. The zero-order valence-corrected chi connectivity index (χ0v) is 27.1. The van der Waals surface area contributed by atoms with Gasteiger partial charge >= 0.3 is 5.97 Å². The molecule has 1 N–H and O–H groups in total. The minimum absolute atomic E-state index is 0.203. The van der Waals surface area contributed by atoms with Gasteiger partial charge in [-0.25, -0.2) is 9.78 Å². The van der Waals surface area contributed by atoms with E-state index in [0.29, 0.717) is 48.0 Å². The van der Waals surface area contributed by atoms with Crippen molar-refractivity contribution in [1.29, 1.82) is 0 Å². The van der Waals surface area contributed by atoms with E-state index in [2.05, 4.69) is 41.9 Å². The van der Waals surface area contributed by atoms with Crippen LogP contribution in [0.25, 0.3) is 12.2 Å². The van der Waals surface area contributed by atoms with Crippen molar-refractivity contribution in [2.75, 3.05) is 44.1 Å². The Morgan fingerprint density at radius 2 is 1.89 bits per heavy atom. The summed E-state index contributed by atoms with van der Waals surface area (Å²) in [6, 6.07) is 10.9. The summed E-state index contributed by atoms with van der Waals surface area (Å²) in [5, 5.41) is 2.88. The van der Waals surface area contributed by atoms with Gasteiger partial charge in [0.15, 0.2) is 5.76 Å². The summed E-state index contributed by atoms with van der Waals surface area (Å²) in [6.07, 6.45) is 11.7. The van der Waals surface area contributed by atoms with Gasteiger partial charge in [0.1, 0.15) is 17.3 Å². The second kappa shape index (κ2) is 18.0. The molecule has 0 saturated heterocycles. The monoisotopic (exact) mass is 625 g/mol. The molecule has 3 aromatic rings. The fourth-order valence-electron chi connectivity index (χ4n) is 4.79. The number of amides is 1. The van der Waals surface area contributed by atoms with E-state index < -0.39 is 0 Å². The number of allylic oxidation sites excluding steroid dienone is 4. The Balaban J connectivity index is 1.57. The summed E-state index contributed by atoms with van der Waals surface area (Å²) in [6.45, 7) is 17.8.